The van der Waals surface area contributed by atoms with Gasteiger partial charge in [0.15, 0.2) is 5.08 Å². The zero-order valence-electron chi connectivity index (χ0n) is 20.4. The van der Waals surface area contributed by atoms with Gasteiger partial charge in [0.05, 0.1) is 11.4 Å². The van der Waals surface area contributed by atoms with Crippen LogP contribution in [0.2, 0.25) is 0 Å². The SMILES string of the molecule is O=S(=O)(CS(=O)(=O)N(CCc1ccccc1)c1ccccc1)N(CCc1ccccc1)c1ccccc1. The van der Waals surface area contributed by atoms with Crippen molar-refractivity contribution >= 4 is 31.4 Å². The molecule has 0 fully saturated rings. The van der Waals surface area contributed by atoms with E-state index in [1.165, 1.54) is 8.61 Å². The van der Waals surface area contributed by atoms with Gasteiger partial charge in [-0.05, 0) is 48.2 Å². The zero-order valence-corrected chi connectivity index (χ0v) is 22.1. The number of nitrogens with zero attached hydrogens (tertiary/aromatic N) is 2. The van der Waals surface area contributed by atoms with Crippen molar-refractivity contribution in [3.05, 3.63) is 132 Å². The quantitative estimate of drug-likeness (QED) is 0.253. The van der Waals surface area contributed by atoms with Gasteiger partial charge in [-0.1, -0.05) is 97.1 Å². The molecule has 37 heavy (non-hydrogen) atoms. The molecule has 0 radical (unpaired) electrons. The van der Waals surface area contributed by atoms with Gasteiger partial charge in [-0.3, -0.25) is 8.61 Å². The van der Waals surface area contributed by atoms with E-state index in [0.29, 0.717) is 24.2 Å². The van der Waals surface area contributed by atoms with Crippen molar-refractivity contribution in [3.63, 3.8) is 0 Å². The molecule has 0 saturated heterocycles. The van der Waals surface area contributed by atoms with E-state index >= 15 is 0 Å². The maximum atomic E-state index is 13.7. The summed E-state index contributed by atoms with van der Waals surface area (Å²) in [6.07, 6.45) is 0.900. The first-order chi connectivity index (χ1) is 17.9. The van der Waals surface area contributed by atoms with E-state index in [2.05, 4.69) is 0 Å². The average molecular weight is 535 g/mol. The second-order valence-corrected chi connectivity index (χ2v) is 12.8. The number of rotatable bonds is 12. The van der Waals surface area contributed by atoms with Gasteiger partial charge in [0, 0.05) is 13.1 Å². The number of hydrogen-bond donors (Lipinski definition) is 0. The standard InChI is InChI=1S/C29H30N2O4S2/c32-36(33,30(28-17-9-3-10-18-28)23-21-26-13-5-1-6-14-26)25-37(34,35)31(29-19-11-4-12-20-29)24-22-27-15-7-2-8-16-27/h1-20H,21-25H2. The van der Waals surface area contributed by atoms with Crippen LogP contribution in [0.25, 0.3) is 0 Å². The molecule has 0 atom stereocenters. The average Bonchev–Trinajstić information content (AvgIpc) is 2.90. The summed E-state index contributed by atoms with van der Waals surface area (Å²) >= 11 is 0. The molecule has 4 rings (SSSR count). The van der Waals surface area contributed by atoms with E-state index < -0.39 is 25.1 Å². The van der Waals surface area contributed by atoms with Gasteiger partial charge < -0.3 is 0 Å². The minimum absolute atomic E-state index is 0.126. The second kappa shape index (κ2) is 12.1. The van der Waals surface area contributed by atoms with Crippen molar-refractivity contribution in [2.45, 2.75) is 12.8 Å². The lowest BCUT2D eigenvalue weighted by Gasteiger charge is -2.28. The van der Waals surface area contributed by atoms with E-state index in [-0.39, 0.29) is 13.1 Å². The van der Waals surface area contributed by atoms with Crippen LogP contribution in [-0.4, -0.2) is 35.0 Å². The number of benzene rings is 4. The number of anilines is 2. The highest BCUT2D eigenvalue weighted by Crippen LogP contribution is 2.24. The normalized spacial score (nSPS) is 11.7. The van der Waals surface area contributed by atoms with Crippen molar-refractivity contribution in [3.8, 4) is 0 Å². The fourth-order valence-electron chi connectivity index (χ4n) is 4.11. The van der Waals surface area contributed by atoms with Gasteiger partial charge in [0.25, 0.3) is 20.0 Å². The first-order valence-corrected chi connectivity index (χ1v) is 15.3. The van der Waals surface area contributed by atoms with E-state index in [1.54, 1.807) is 60.7 Å². The fraction of sp³-hybridized carbons (Fsp3) is 0.172. The number of para-hydroxylation sites is 2. The molecule has 0 aliphatic rings. The molecule has 4 aromatic rings. The summed E-state index contributed by atoms with van der Waals surface area (Å²) in [7, 11) is -8.47. The van der Waals surface area contributed by atoms with Crippen LogP contribution < -0.4 is 8.61 Å². The monoisotopic (exact) mass is 534 g/mol. The van der Waals surface area contributed by atoms with Gasteiger partial charge in [0.2, 0.25) is 0 Å². The molecule has 0 heterocycles. The maximum absolute atomic E-state index is 13.7. The molecule has 0 aliphatic heterocycles. The predicted molar refractivity (Wildman–Crippen MR) is 151 cm³/mol. The molecule has 0 bridgehead atoms. The van der Waals surface area contributed by atoms with Crippen molar-refractivity contribution in [1.82, 2.24) is 0 Å². The maximum Gasteiger partial charge on any atom is 0.251 e. The third-order valence-electron chi connectivity index (χ3n) is 5.95. The van der Waals surface area contributed by atoms with Gasteiger partial charge in [-0.15, -0.1) is 0 Å². The molecule has 0 spiro atoms. The Bertz CT molecular complexity index is 1350. The Morgan fingerprint density at radius 1 is 0.432 bits per heavy atom. The van der Waals surface area contributed by atoms with Crippen LogP contribution in [0.5, 0.6) is 0 Å². The molecule has 192 valence electrons. The molecule has 8 heteroatoms. The Kier molecular flexibility index (Phi) is 8.63. The molecule has 0 amide bonds. The summed E-state index contributed by atoms with van der Waals surface area (Å²) < 4.78 is 57.2. The minimum Gasteiger partial charge on any atom is -0.269 e. The van der Waals surface area contributed by atoms with Crippen molar-refractivity contribution < 1.29 is 16.8 Å². The first kappa shape index (κ1) is 26.4. The Balaban J connectivity index is 1.62. The fourth-order valence-corrected chi connectivity index (χ4v) is 8.26. The van der Waals surface area contributed by atoms with E-state index in [9.17, 15) is 16.8 Å². The van der Waals surface area contributed by atoms with Crippen molar-refractivity contribution in [1.29, 1.82) is 0 Å². The highest BCUT2D eigenvalue weighted by Gasteiger charge is 2.33. The Morgan fingerprint density at radius 3 is 1.05 bits per heavy atom. The summed E-state index contributed by atoms with van der Waals surface area (Å²) in [4.78, 5) is 0. The Morgan fingerprint density at radius 2 is 0.730 bits per heavy atom. The van der Waals surface area contributed by atoms with Crippen LogP contribution >= 0.6 is 0 Å². The van der Waals surface area contributed by atoms with Gasteiger partial charge in [-0.25, -0.2) is 16.8 Å². The molecule has 0 N–H and O–H groups in total. The lowest BCUT2D eigenvalue weighted by Crippen LogP contribution is -2.43. The summed E-state index contributed by atoms with van der Waals surface area (Å²) in [5, 5.41) is -1.03. The van der Waals surface area contributed by atoms with Crippen molar-refractivity contribution in [2.24, 2.45) is 0 Å². The Labute approximate surface area is 219 Å². The third kappa shape index (κ3) is 7.21. The smallest absolute Gasteiger partial charge is 0.251 e. The molecular formula is C29H30N2O4S2. The highest BCUT2D eigenvalue weighted by molar-refractivity contribution is 8.09. The summed E-state index contributed by atoms with van der Waals surface area (Å²) in [5.74, 6) is 0. The zero-order chi connectivity index (χ0) is 26.1. The molecule has 6 nitrogen and oxygen atoms in total. The summed E-state index contributed by atoms with van der Waals surface area (Å²) in [6, 6.07) is 36.3. The lowest BCUT2D eigenvalue weighted by molar-refractivity contribution is 0.583. The molecule has 0 saturated carbocycles. The van der Waals surface area contributed by atoms with Crippen molar-refractivity contribution in [2.75, 3.05) is 26.8 Å². The van der Waals surface area contributed by atoms with Crippen LogP contribution in [0.3, 0.4) is 0 Å². The van der Waals surface area contributed by atoms with Crippen LogP contribution in [0.15, 0.2) is 121 Å². The van der Waals surface area contributed by atoms with Crippen LogP contribution in [0, 0.1) is 0 Å². The predicted octanol–water partition coefficient (Wildman–Crippen LogP) is 5.10. The van der Waals surface area contributed by atoms with Crippen LogP contribution in [-0.2, 0) is 32.9 Å². The van der Waals surface area contributed by atoms with Crippen LogP contribution in [0.1, 0.15) is 11.1 Å². The Hall–Kier alpha value is -3.62. The topological polar surface area (TPSA) is 74.8 Å². The minimum atomic E-state index is -4.24. The molecule has 0 aromatic heterocycles. The first-order valence-electron chi connectivity index (χ1n) is 12.0. The van der Waals surface area contributed by atoms with Crippen LogP contribution in [0.4, 0.5) is 11.4 Å². The third-order valence-corrected chi connectivity index (χ3v) is 10.5. The van der Waals surface area contributed by atoms with Gasteiger partial charge >= 0.3 is 0 Å². The summed E-state index contributed by atoms with van der Waals surface area (Å²) in [5.41, 5.74) is 2.80. The highest BCUT2D eigenvalue weighted by atomic mass is 32.3. The second-order valence-electron chi connectivity index (χ2n) is 8.63. The van der Waals surface area contributed by atoms with E-state index in [0.717, 1.165) is 11.1 Å². The van der Waals surface area contributed by atoms with Gasteiger partial charge in [-0.2, -0.15) is 0 Å². The number of sulfonamides is 2. The molecular weight excluding hydrogens is 504 g/mol. The van der Waals surface area contributed by atoms with Gasteiger partial charge in [0.1, 0.15) is 0 Å². The van der Waals surface area contributed by atoms with E-state index in [1.807, 2.05) is 60.7 Å². The lowest BCUT2D eigenvalue weighted by atomic mass is 10.1. The summed E-state index contributed by atoms with van der Waals surface area (Å²) in [6.45, 7) is 0.252. The molecule has 0 unspecified atom stereocenters. The largest absolute Gasteiger partial charge is 0.269 e. The molecule has 0 aliphatic carbocycles. The number of hydrogen-bond acceptors (Lipinski definition) is 4. The van der Waals surface area contributed by atoms with E-state index in [4.69, 9.17) is 0 Å². The molecule has 4 aromatic carbocycles.